The van der Waals surface area contributed by atoms with Crippen molar-refractivity contribution in [1.29, 1.82) is 0 Å². The van der Waals surface area contributed by atoms with Gasteiger partial charge in [-0.1, -0.05) is 30.3 Å². The summed E-state index contributed by atoms with van der Waals surface area (Å²) in [6.45, 7) is 5.75. The third-order valence-corrected chi connectivity index (χ3v) is 4.26. The van der Waals surface area contributed by atoms with Crippen LogP contribution in [0.1, 0.15) is 25.0 Å². The van der Waals surface area contributed by atoms with Gasteiger partial charge in [0.25, 0.3) is 0 Å². The molecule has 3 N–H and O–H groups in total. The van der Waals surface area contributed by atoms with Crippen molar-refractivity contribution >= 4 is 17.3 Å². The van der Waals surface area contributed by atoms with Gasteiger partial charge in [0, 0.05) is 13.1 Å². The maximum atomic E-state index is 10.5. The summed E-state index contributed by atoms with van der Waals surface area (Å²) in [6, 6.07) is 12.3. The van der Waals surface area contributed by atoms with Crippen molar-refractivity contribution in [2.45, 2.75) is 25.9 Å². The molecule has 1 heterocycles. The lowest BCUT2D eigenvalue weighted by atomic mass is 10.00. The van der Waals surface area contributed by atoms with Crippen molar-refractivity contribution in [2.24, 2.45) is 4.99 Å². The van der Waals surface area contributed by atoms with Crippen LogP contribution in [0.3, 0.4) is 0 Å². The van der Waals surface area contributed by atoms with E-state index < -0.39 is 5.60 Å². The lowest BCUT2D eigenvalue weighted by Crippen LogP contribution is -2.39. The Morgan fingerprint density at radius 1 is 1.22 bits per heavy atom. The van der Waals surface area contributed by atoms with Gasteiger partial charge in [-0.2, -0.15) is 11.3 Å². The Hall–Kier alpha value is -1.85. The molecule has 124 valence electrons. The first-order valence-corrected chi connectivity index (χ1v) is 8.87. The highest BCUT2D eigenvalue weighted by Crippen LogP contribution is 2.23. The molecule has 5 heteroatoms. The Morgan fingerprint density at radius 2 is 2.00 bits per heavy atom. The second kappa shape index (κ2) is 8.70. The van der Waals surface area contributed by atoms with E-state index in [9.17, 15) is 5.11 Å². The SMILES string of the molecule is CCNC(=NCC(C)(O)c1ccsc1)NCCc1ccccc1. The molecule has 0 aliphatic heterocycles. The molecule has 0 aliphatic carbocycles. The fourth-order valence-electron chi connectivity index (χ4n) is 2.21. The van der Waals surface area contributed by atoms with Crippen LogP contribution >= 0.6 is 11.3 Å². The summed E-state index contributed by atoms with van der Waals surface area (Å²) in [4.78, 5) is 4.52. The quantitative estimate of drug-likeness (QED) is 0.540. The highest BCUT2D eigenvalue weighted by Gasteiger charge is 2.23. The van der Waals surface area contributed by atoms with Gasteiger partial charge in [-0.25, -0.2) is 4.99 Å². The molecular weight excluding hydrogens is 306 g/mol. The van der Waals surface area contributed by atoms with E-state index >= 15 is 0 Å². The Kier molecular flexibility index (Phi) is 6.62. The van der Waals surface area contributed by atoms with Crippen molar-refractivity contribution in [2.75, 3.05) is 19.6 Å². The second-order valence-electron chi connectivity index (χ2n) is 5.64. The summed E-state index contributed by atoms with van der Waals surface area (Å²) in [5.41, 5.74) is 1.26. The fourth-order valence-corrected chi connectivity index (χ4v) is 2.99. The fraction of sp³-hybridized carbons (Fsp3) is 0.389. The number of nitrogens with zero attached hydrogens (tertiary/aromatic N) is 1. The zero-order chi connectivity index (χ0) is 16.5. The molecule has 1 aromatic heterocycles. The van der Waals surface area contributed by atoms with Gasteiger partial charge in [-0.3, -0.25) is 0 Å². The third-order valence-electron chi connectivity index (χ3n) is 3.58. The smallest absolute Gasteiger partial charge is 0.191 e. The van der Waals surface area contributed by atoms with Crippen LogP contribution in [0.5, 0.6) is 0 Å². The largest absolute Gasteiger partial charge is 0.383 e. The van der Waals surface area contributed by atoms with Crippen molar-refractivity contribution < 1.29 is 5.11 Å². The van der Waals surface area contributed by atoms with E-state index in [1.807, 2.05) is 41.9 Å². The molecule has 0 saturated carbocycles. The molecule has 0 saturated heterocycles. The minimum absolute atomic E-state index is 0.324. The van der Waals surface area contributed by atoms with E-state index in [0.717, 1.165) is 31.0 Å². The van der Waals surface area contributed by atoms with Gasteiger partial charge in [0.05, 0.1) is 6.54 Å². The number of aliphatic hydroxyl groups is 1. The van der Waals surface area contributed by atoms with Crippen LogP contribution in [0.2, 0.25) is 0 Å². The first-order chi connectivity index (χ1) is 11.1. The topological polar surface area (TPSA) is 56.7 Å². The van der Waals surface area contributed by atoms with Crippen LogP contribution in [0.25, 0.3) is 0 Å². The van der Waals surface area contributed by atoms with Crippen LogP contribution in [0, 0.1) is 0 Å². The standard InChI is InChI=1S/C18H25N3OS/c1-3-19-17(20-11-9-15-7-5-4-6-8-15)21-14-18(2,22)16-10-12-23-13-16/h4-8,10,12-13,22H,3,9,11,14H2,1-2H3,(H2,19,20,21). The summed E-state index contributed by atoms with van der Waals surface area (Å²) < 4.78 is 0. The van der Waals surface area contributed by atoms with Crippen LogP contribution in [-0.2, 0) is 12.0 Å². The predicted molar refractivity (Wildman–Crippen MR) is 98.0 cm³/mol. The maximum Gasteiger partial charge on any atom is 0.191 e. The average Bonchev–Trinajstić information content (AvgIpc) is 3.09. The molecule has 0 spiro atoms. The van der Waals surface area contributed by atoms with Crippen molar-refractivity contribution in [3.63, 3.8) is 0 Å². The lowest BCUT2D eigenvalue weighted by Gasteiger charge is -2.21. The number of rotatable bonds is 7. The van der Waals surface area contributed by atoms with E-state index in [-0.39, 0.29) is 0 Å². The van der Waals surface area contributed by atoms with Crippen molar-refractivity contribution in [1.82, 2.24) is 10.6 Å². The molecule has 0 amide bonds. The van der Waals surface area contributed by atoms with Crippen molar-refractivity contribution in [3.8, 4) is 0 Å². The van der Waals surface area contributed by atoms with Crippen molar-refractivity contribution in [3.05, 3.63) is 58.3 Å². The Bertz CT molecular complexity index is 594. The van der Waals surface area contributed by atoms with E-state index in [1.165, 1.54) is 5.56 Å². The number of benzene rings is 1. The normalized spacial score (nSPS) is 14.3. The average molecular weight is 331 g/mol. The van der Waals surface area contributed by atoms with Crippen LogP contribution < -0.4 is 10.6 Å². The van der Waals surface area contributed by atoms with Crippen LogP contribution in [0.15, 0.2) is 52.2 Å². The van der Waals surface area contributed by atoms with E-state index in [2.05, 4.69) is 27.8 Å². The molecule has 0 fully saturated rings. The van der Waals surface area contributed by atoms with Gasteiger partial charge < -0.3 is 15.7 Å². The van der Waals surface area contributed by atoms with Gasteiger partial charge in [-0.05, 0) is 48.2 Å². The van der Waals surface area contributed by atoms with Crippen LogP contribution in [0.4, 0.5) is 0 Å². The first-order valence-electron chi connectivity index (χ1n) is 7.93. The number of guanidine groups is 1. The van der Waals surface area contributed by atoms with E-state index in [4.69, 9.17) is 0 Å². The molecule has 0 aliphatic rings. The molecular formula is C18H25N3OS. The summed E-state index contributed by atoms with van der Waals surface area (Å²) in [5, 5.41) is 21.0. The second-order valence-corrected chi connectivity index (χ2v) is 6.42. The third kappa shape index (κ3) is 5.69. The Balaban J connectivity index is 1.89. The summed E-state index contributed by atoms with van der Waals surface area (Å²) in [6.07, 6.45) is 0.937. The molecule has 4 nitrogen and oxygen atoms in total. The van der Waals surface area contributed by atoms with Gasteiger partial charge in [0.2, 0.25) is 0 Å². The maximum absolute atomic E-state index is 10.5. The van der Waals surface area contributed by atoms with Gasteiger partial charge in [0.15, 0.2) is 5.96 Å². The summed E-state index contributed by atoms with van der Waals surface area (Å²) in [5.74, 6) is 0.735. The molecule has 2 aromatic rings. The number of aliphatic imine (C=N–C) groups is 1. The molecule has 1 aromatic carbocycles. The Labute approximate surface area is 142 Å². The zero-order valence-electron chi connectivity index (χ0n) is 13.7. The van der Waals surface area contributed by atoms with Crippen LogP contribution in [-0.4, -0.2) is 30.7 Å². The summed E-state index contributed by atoms with van der Waals surface area (Å²) >= 11 is 1.58. The van der Waals surface area contributed by atoms with Gasteiger partial charge in [0.1, 0.15) is 5.60 Å². The monoisotopic (exact) mass is 331 g/mol. The minimum atomic E-state index is -0.943. The number of hydrogen-bond donors (Lipinski definition) is 3. The van der Waals surface area contributed by atoms with Gasteiger partial charge >= 0.3 is 0 Å². The molecule has 1 unspecified atom stereocenters. The first kappa shape index (κ1) is 17.5. The number of thiophene rings is 1. The molecule has 2 rings (SSSR count). The highest BCUT2D eigenvalue weighted by atomic mass is 32.1. The molecule has 0 radical (unpaired) electrons. The molecule has 23 heavy (non-hydrogen) atoms. The Morgan fingerprint density at radius 3 is 2.65 bits per heavy atom. The van der Waals surface area contributed by atoms with E-state index in [1.54, 1.807) is 18.3 Å². The lowest BCUT2D eigenvalue weighted by molar-refractivity contribution is 0.0677. The highest BCUT2D eigenvalue weighted by molar-refractivity contribution is 7.08. The zero-order valence-corrected chi connectivity index (χ0v) is 14.6. The minimum Gasteiger partial charge on any atom is -0.383 e. The molecule has 1 atom stereocenters. The predicted octanol–water partition coefficient (Wildman–Crippen LogP) is 2.75. The summed E-state index contributed by atoms with van der Waals surface area (Å²) in [7, 11) is 0. The van der Waals surface area contributed by atoms with Gasteiger partial charge in [-0.15, -0.1) is 0 Å². The number of nitrogens with one attached hydrogen (secondary N) is 2. The number of hydrogen-bond acceptors (Lipinski definition) is 3. The molecule has 0 bridgehead atoms. The van der Waals surface area contributed by atoms with E-state index in [0.29, 0.717) is 6.54 Å².